The summed E-state index contributed by atoms with van der Waals surface area (Å²) in [4.78, 5) is 16.6. The fourth-order valence-corrected chi connectivity index (χ4v) is 3.80. The molecule has 0 spiro atoms. The zero-order valence-corrected chi connectivity index (χ0v) is 14.9. The van der Waals surface area contributed by atoms with E-state index < -0.39 is 20.5 Å². The van der Waals surface area contributed by atoms with Gasteiger partial charge in [-0.15, -0.1) is 24.8 Å². The van der Waals surface area contributed by atoms with Crippen LogP contribution in [-0.2, 0) is 14.6 Å². The summed E-state index contributed by atoms with van der Waals surface area (Å²) in [5.41, 5.74) is 1.34. The third kappa shape index (κ3) is 4.32. The van der Waals surface area contributed by atoms with Gasteiger partial charge in [-0.25, -0.2) is 8.42 Å². The lowest BCUT2D eigenvalue weighted by Crippen LogP contribution is -2.55. The molecule has 22 heavy (non-hydrogen) atoms. The number of hydrogen-bond donors (Lipinski definition) is 2. The number of pyridine rings is 1. The Morgan fingerprint density at radius 1 is 1.32 bits per heavy atom. The van der Waals surface area contributed by atoms with Gasteiger partial charge in [0.2, 0.25) is 5.91 Å². The molecule has 9 heteroatoms. The molecule has 2 N–H and O–H groups in total. The van der Waals surface area contributed by atoms with Gasteiger partial charge in [0.1, 0.15) is 0 Å². The van der Waals surface area contributed by atoms with Crippen LogP contribution >= 0.6 is 24.8 Å². The summed E-state index contributed by atoms with van der Waals surface area (Å²) in [5.74, 6) is -0.452. The maximum absolute atomic E-state index is 12.5. The molecule has 1 aromatic rings. The molecule has 1 saturated heterocycles. The third-order valence-electron chi connectivity index (χ3n) is 3.69. The largest absolute Gasteiger partial charge is 0.325 e. The summed E-state index contributed by atoms with van der Waals surface area (Å²) in [6.45, 7) is 2.86. The number of aromatic nitrogens is 1. The number of hydrogen-bond acceptors (Lipinski definition) is 5. The van der Waals surface area contributed by atoms with Gasteiger partial charge in [0.25, 0.3) is 0 Å². The second kappa shape index (κ2) is 8.10. The summed E-state index contributed by atoms with van der Waals surface area (Å²) in [6.07, 6.45) is 3.31. The molecule has 0 atom stereocenters. The van der Waals surface area contributed by atoms with Crippen molar-refractivity contribution in [2.75, 3.05) is 24.7 Å². The van der Waals surface area contributed by atoms with E-state index in [1.165, 1.54) is 0 Å². The second-order valence-electron chi connectivity index (χ2n) is 5.16. The number of halogens is 2. The van der Waals surface area contributed by atoms with E-state index in [0.29, 0.717) is 31.6 Å². The topological polar surface area (TPSA) is 88.2 Å². The molecule has 0 bridgehead atoms. The van der Waals surface area contributed by atoms with Gasteiger partial charge in [0.05, 0.1) is 0 Å². The molecular weight excluding hydrogens is 349 g/mol. The van der Waals surface area contributed by atoms with Gasteiger partial charge in [-0.3, -0.25) is 9.78 Å². The number of piperidine rings is 1. The van der Waals surface area contributed by atoms with Crippen LogP contribution in [0.1, 0.15) is 18.5 Å². The van der Waals surface area contributed by atoms with Gasteiger partial charge in [-0.1, -0.05) is 0 Å². The fourth-order valence-electron chi connectivity index (χ4n) is 2.47. The zero-order valence-electron chi connectivity index (χ0n) is 12.5. The first-order chi connectivity index (χ1) is 9.35. The third-order valence-corrected chi connectivity index (χ3v) is 5.70. The summed E-state index contributed by atoms with van der Waals surface area (Å²) in [7, 11) is -3.48. The molecule has 2 heterocycles. The lowest BCUT2D eigenvalue weighted by molar-refractivity contribution is -0.119. The second-order valence-corrected chi connectivity index (χ2v) is 7.48. The molecule has 1 amide bonds. The molecule has 1 fully saturated rings. The predicted octanol–water partition coefficient (Wildman–Crippen LogP) is 1.34. The van der Waals surface area contributed by atoms with Crippen LogP contribution in [0.2, 0.25) is 0 Å². The molecule has 1 aliphatic rings. The number of carbonyl (C=O) groups is 1. The Morgan fingerprint density at radius 3 is 2.41 bits per heavy atom. The Morgan fingerprint density at radius 2 is 1.91 bits per heavy atom. The maximum Gasteiger partial charge on any atom is 0.245 e. The smallest absolute Gasteiger partial charge is 0.245 e. The Kier molecular flexibility index (Phi) is 7.77. The molecule has 1 aliphatic heterocycles. The van der Waals surface area contributed by atoms with Crippen LogP contribution < -0.4 is 10.6 Å². The van der Waals surface area contributed by atoms with Gasteiger partial charge in [-0.2, -0.15) is 0 Å². The number of nitrogens with zero attached hydrogens (tertiary/aromatic N) is 1. The van der Waals surface area contributed by atoms with E-state index in [2.05, 4.69) is 15.6 Å². The minimum atomic E-state index is -3.48. The lowest BCUT2D eigenvalue weighted by Gasteiger charge is -2.34. The van der Waals surface area contributed by atoms with Crippen molar-refractivity contribution in [2.45, 2.75) is 24.5 Å². The molecule has 2 rings (SSSR count). The van der Waals surface area contributed by atoms with Crippen LogP contribution in [0.4, 0.5) is 5.69 Å². The van der Waals surface area contributed by atoms with Gasteiger partial charge in [-0.05, 0) is 45.0 Å². The Labute approximate surface area is 143 Å². The van der Waals surface area contributed by atoms with E-state index in [9.17, 15) is 13.2 Å². The number of nitrogens with one attached hydrogen (secondary N) is 2. The number of anilines is 1. The first-order valence-electron chi connectivity index (χ1n) is 6.50. The van der Waals surface area contributed by atoms with Gasteiger partial charge in [0, 0.05) is 23.8 Å². The van der Waals surface area contributed by atoms with Crippen molar-refractivity contribution >= 4 is 46.2 Å². The van der Waals surface area contributed by atoms with Crippen LogP contribution in [0.25, 0.3) is 0 Å². The number of amides is 1. The molecule has 6 nitrogen and oxygen atoms in total. The highest BCUT2D eigenvalue weighted by Gasteiger charge is 2.48. The van der Waals surface area contributed by atoms with E-state index in [1.54, 1.807) is 18.3 Å². The van der Waals surface area contributed by atoms with Gasteiger partial charge < -0.3 is 10.6 Å². The minimum Gasteiger partial charge on any atom is -0.325 e. The lowest BCUT2D eigenvalue weighted by atomic mass is 9.95. The first-order valence-corrected chi connectivity index (χ1v) is 8.39. The average molecular weight is 370 g/mol. The van der Waals surface area contributed by atoms with Crippen LogP contribution in [0.15, 0.2) is 18.3 Å². The Hall–Kier alpha value is -0.890. The monoisotopic (exact) mass is 369 g/mol. The summed E-state index contributed by atoms with van der Waals surface area (Å²) < 4.78 is 22.9. The standard InChI is InChI=1S/C13H19N3O3S.2ClH/c1-10-9-11(3-6-15-10)16-12(17)13(20(2,18)19)4-7-14-8-5-13;;/h3,6,9,14H,4-5,7-8H2,1-2H3,(H,15,16,17);2*1H. The molecule has 1 aromatic heterocycles. The summed E-state index contributed by atoms with van der Waals surface area (Å²) in [6, 6.07) is 3.37. The van der Waals surface area contributed by atoms with E-state index in [1.807, 2.05) is 6.92 Å². The first kappa shape index (κ1) is 21.1. The summed E-state index contributed by atoms with van der Waals surface area (Å²) >= 11 is 0. The van der Waals surface area contributed by atoms with E-state index in [4.69, 9.17) is 0 Å². The van der Waals surface area contributed by atoms with E-state index >= 15 is 0 Å². The number of sulfone groups is 1. The SMILES string of the molecule is Cc1cc(NC(=O)C2(S(C)(=O)=O)CCNCC2)ccn1.Cl.Cl. The highest BCUT2D eigenvalue weighted by atomic mass is 35.5. The molecule has 126 valence electrons. The Bertz CT molecular complexity index is 617. The highest BCUT2D eigenvalue weighted by Crippen LogP contribution is 2.29. The van der Waals surface area contributed by atoms with Crippen molar-refractivity contribution in [2.24, 2.45) is 0 Å². The molecule has 0 unspecified atom stereocenters. The summed E-state index contributed by atoms with van der Waals surface area (Å²) in [5, 5.41) is 5.80. The zero-order chi connectivity index (χ0) is 14.8. The highest BCUT2D eigenvalue weighted by molar-refractivity contribution is 7.92. The van der Waals surface area contributed by atoms with Gasteiger partial charge >= 0.3 is 0 Å². The quantitative estimate of drug-likeness (QED) is 0.838. The molecule has 0 saturated carbocycles. The van der Waals surface area contributed by atoms with E-state index in [0.717, 1.165) is 11.9 Å². The molecule has 0 radical (unpaired) electrons. The average Bonchev–Trinajstić information content (AvgIpc) is 2.38. The number of aryl methyl sites for hydroxylation is 1. The van der Waals surface area contributed by atoms with Crippen molar-refractivity contribution < 1.29 is 13.2 Å². The van der Waals surface area contributed by atoms with Crippen LogP contribution in [0, 0.1) is 6.92 Å². The van der Waals surface area contributed by atoms with E-state index in [-0.39, 0.29) is 24.8 Å². The van der Waals surface area contributed by atoms with Crippen LogP contribution in [-0.4, -0.2) is 43.4 Å². The molecule has 0 aliphatic carbocycles. The van der Waals surface area contributed by atoms with Crippen molar-refractivity contribution in [3.63, 3.8) is 0 Å². The predicted molar refractivity (Wildman–Crippen MR) is 91.8 cm³/mol. The van der Waals surface area contributed by atoms with Crippen LogP contribution in [0.3, 0.4) is 0 Å². The molecule has 0 aromatic carbocycles. The van der Waals surface area contributed by atoms with Crippen molar-refractivity contribution in [3.05, 3.63) is 24.0 Å². The van der Waals surface area contributed by atoms with Crippen molar-refractivity contribution in [3.8, 4) is 0 Å². The van der Waals surface area contributed by atoms with Gasteiger partial charge in [0.15, 0.2) is 14.6 Å². The number of rotatable bonds is 3. The normalized spacial score (nSPS) is 16.8. The molecular formula is C13H21Cl2N3O3S. The fraction of sp³-hybridized carbons (Fsp3) is 0.538. The van der Waals surface area contributed by atoms with Crippen LogP contribution in [0.5, 0.6) is 0 Å². The Balaban J connectivity index is 0.00000220. The minimum absolute atomic E-state index is 0. The number of carbonyl (C=O) groups excluding carboxylic acids is 1. The maximum atomic E-state index is 12.5. The van der Waals surface area contributed by atoms with Crippen molar-refractivity contribution in [1.82, 2.24) is 10.3 Å². The van der Waals surface area contributed by atoms with Crippen molar-refractivity contribution in [1.29, 1.82) is 0 Å².